The van der Waals surface area contributed by atoms with Crippen molar-refractivity contribution in [2.75, 3.05) is 11.9 Å². The molecule has 98 valence electrons. The van der Waals surface area contributed by atoms with E-state index in [1.54, 1.807) is 6.07 Å². The molecule has 0 spiro atoms. The van der Waals surface area contributed by atoms with Crippen molar-refractivity contribution in [2.45, 2.75) is 38.2 Å². The molecule has 0 aromatic carbocycles. The Kier molecular flexibility index (Phi) is 4.64. The molecule has 1 aromatic heterocycles. The van der Waals surface area contributed by atoms with E-state index >= 15 is 0 Å². The number of ether oxygens (including phenoxy) is 1. The number of carbonyl (C=O) groups is 1. The average molecular weight is 252 g/mol. The molecule has 1 aliphatic rings. The van der Waals surface area contributed by atoms with Gasteiger partial charge in [0.05, 0.1) is 6.10 Å². The van der Waals surface area contributed by atoms with E-state index in [9.17, 15) is 9.18 Å². The van der Waals surface area contributed by atoms with E-state index in [0.29, 0.717) is 12.8 Å². The number of rotatable bonds is 4. The number of carbonyl (C=O) groups excluding carboxylic acids is 1. The maximum absolute atomic E-state index is 12.8. The lowest BCUT2D eigenvalue weighted by Gasteiger charge is -2.22. The zero-order valence-corrected chi connectivity index (χ0v) is 10.2. The second-order valence-electron chi connectivity index (χ2n) is 4.42. The molecule has 1 fully saturated rings. The molecule has 4 nitrogen and oxygen atoms in total. The van der Waals surface area contributed by atoms with E-state index < -0.39 is 5.95 Å². The monoisotopic (exact) mass is 252 g/mol. The fourth-order valence-corrected chi connectivity index (χ4v) is 2.01. The molecule has 18 heavy (non-hydrogen) atoms. The minimum atomic E-state index is -0.594. The summed E-state index contributed by atoms with van der Waals surface area (Å²) in [6.07, 6.45) is 4.56. The molecule has 1 aromatic rings. The van der Waals surface area contributed by atoms with Crippen LogP contribution in [0.1, 0.15) is 32.1 Å². The van der Waals surface area contributed by atoms with E-state index in [2.05, 4.69) is 10.3 Å². The van der Waals surface area contributed by atoms with Crippen molar-refractivity contribution < 1.29 is 13.9 Å². The highest BCUT2D eigenvalue weighted by Crippen LogP contribution is 2.17. The Morgan fingerprint density at radius 2 is 2.39 bits per heavy atom. The molecule has 1 atom stereocenters. The smallest absolute Gasteiger partial charge is 0.225 e. The first-order valence-corrected chi connectivity index (χ1v) is 6.28. The van der Waals surface area contributed by atoms with Gasteiger partial charge in [0.1, 0.15) is 5.82 Å². The maximum Gasteiger partial charge on any atom is 0.225 e. The maximum atomic E-state index is 12.8. The highest BCUT2D eigenvalue weighted by molar-refractivity contribution is 5.89. The highest BCUT2D eigenvalue weighted by Gasteiger charge is 2.15. The summed E-state index contributed by atoms with van der Waals surface area (Å²) < 4.78 is 18.4. The average Bonchev–Trinajstić information content (AvgIpc) is 2.38. The number of nitrogens with zero attached hydrogens (tertiary/aromatic N) is 1. The Morgan fingerprint density at radius 1 is 1.50 bits per heavy atom. The predicted molar refractivity (Wildman–Crippen MR) is 65.6 cm³/mol. The van der Waals surface area contributed by atoms with Crippen molar-refractivity contribution >= 4 is 11.7 Å². The molecule has 1 amide bonds. The van der Waals surface area contributed by atoms with E-state index in [4.69, 9.17) is 4.74 Å². The fourth-order valence-electron chi connectivity index (χ4n) is 2.01. The Morgan fingerprint density at radius 3 is 3.11 bits per heavy atom. The number of hydrogen-bond acceptors (Lipinski definition) is 3. The summed E-state index contributed by atoms with van der Waals surface area (Å²) in [5.74, 6) is -0.491. The standard InChI is InChI=1S/C13H17FN2O2/c14-11-5-3-6-12(15-11)16-13(17)8-7-10-4-1-2-9-18-10/h3,5-6,10H,1-2,4,7-9H2,(H,15,16,17). The van der Waals surface area contributed by atoms with Crippen LogP contribution in [0.25, 0.3) is 0 Å². The van der Waals surface area contributed by atoms with Gasteiger partial charge in [0.15, 0.2) is 0 Å². The molecule has 2 heterocycles. The van der Waals surface area contributed by atoms with Gasteiger partial charge in [-0.05, 0) is 37.8 Å². The van der Waals surface area contributed by atoms with E-state index in [1.807, 2.05) is 0 Å². The number of hydrogen-bond donors (Lipinski definition) is 1. The van der Waals surface area contributed by atoms with Crippen LogP contribution < -0.4 is 5.32 Å². The predicted octanol–water partition coefficient (Wildman–Crippen LogP) is 2.51. The van der Waals surface area contributed by atoms with Crippen LogP contribution in [-0.4, -0.2) is 23.6 Å². The molecule has 2 rings (SSSR count). The Labute approximate surface area is 106 Å². The van der Waals surface area contributed by atoms with Gasteiger partial charge in [0.25, 0.3) is 0 Å². The number of pyridine rings is 1. The van der Waals surface area contributed by atoms with Crippen LogP contribution in [-0.2, 0) is 9.53 Å². The van der Waals surface area contributed by atoms with Gasteiger partial charge in [-0.15, -0.1) is 0 Å². The summed E-state index contributed by atoms with van der Waals surface area (Å²) in [5, 5.41) is 2.58. The van der Waals surface area contributed by atoms with Gasteiger partial charge in [0.2, 0.25) is 11.9 Å². The van der Waals surface area contributed by atoms with E-state index in [-0.39, 0.29) is 17.8 Å². The molecule has 1 saturated heterocycles. The van der Waals surface area contributed by atoms with Crippen LogP contribution in [0.15, 0.2) is 18.2 Å². The van der Waals surface area contributed by atoms with Crippen molar-refractivity contribution in [3.05, 3.63) is 24.1 Å². The second-order valence-corrected chi connectivity index (χ2v) is 4.42. The molecule has 5 heteroatoms. The highest BCUT2D eigenvalue weighted by atomic mass is 19.1. The number of nitrogens with one attached hydrogen (secondary N) is 1. The van der Waals surface area contributed by atoms with Gasteiger partial charge < -0.3 is 10.1 Å². The quantitative estimate of drug-likeness (QED) is 0.838. The third kappa shape index (κ3) is 4.07. The second kappa shape index (κ2) is 6.44. The van der Waals surface area contributed by atoms with E-state index in [0.717, 1.165) is 25.9 Å². The van der Waals surface area contributed by atoms with Crippen LogP contribution in [0.2, 0.25) is 0 Å². The molecule has 0 saturated carbocycles. The van der Waals surface area contributed by atoms with Gasteiger partial charge in [0, 0.05) is 13.0 Å². The van der Waals surface area contributed by atoms with Gasteiger partial charge in [-0.2, -0.15) is 4.39 Å². The number of amides is 1. The minimum Gasteiger partial charge on any atom is -0.378 e. The zero-order chi connectivity index (χ0) is 12.8. The van der Waals surface area contributed by atoms with Crippen LogP contribution in [0.5, 0.6) is 0 Å². The first-order valence-electron chi connectivity index (χ1n) is 6.28. The lowest BCUT2D eigenvalue weighted by molar-refractivity contribution is -0.117. The summed E-state index contributed by atoms with van der Waals surface area (Å²) in [5.41, 5.74) is 0. The van der Waals surface area contributed by atoms with Crippen LogP contribution in [0.4, 0.5) is 10.2 Å². The molecular formula is C13H17FN2O2. The van der Waals surface area contributed by atoms with Gasteiger partial charge >= 0.3 is 0 Å². The Balaban J connectivity index is 1.74. The molecule has 1 N–H and O–H groups in total. The molecule has 1 aliphatic heterocycles. The third-order valence-electron chi connectivity index (χ3n) is 2.95. The summed E-state index contributed by atoms with van der Waals surface area (Å²) >= 11 is 0. The molecule has 0 aliphatic carbocycles. The molecule has 1 unspecified atom stereocenters. The van der Waals surface area contributed by atoms with Crippen molar-refractivity contribution in [1.82, 2.24) is 4.98 Å². The molecule has 0 radical (unpaired) electrons. The molecule has 0 bridgehead atoms. The van der Waals surface area contributed by atoms with Gasteiger partial charge in [-0.25, -0.2) is 4.98 Å². The van der Waals surface area contributed by atoms with Crippen molar-refractivity contribution in [1.29, 1.82) is 0 Å². The van der Waals surface area contributed by atoms with Crippen molar-refractivity contribution in [3.8, 4) is 0 Å². The summed E-state index contributed by atoms with van der Waals surface area (Å²) in [6.45, 7) is 0.789. The SMILES string of the molecule is O=C(CCC1CCCCO1)Nc1cccc(F)n1. The van der Waals surface area contributed by atoms with Crippen LogP contribution >= 0.6 is 0 Å². The topological polar surface area (TPSA) is 51.2 Å². The largest absolute Gasteiger partial charge is 0.378 e. The molecular weight excluding hydrogens is 235 g/mol. The Bertz CT molecular complexity index is 406. The van der Waals surface area contributed by atoms with Crippen molar-refractivity contribution in [3.63, 3.8) is 0 Å². The fraction of sp³-hybridized carbons (Fsp3) is 0.538. The first-order chi connectivity index (χ1) is 8.74. The lowest BCUT2D eigenvalue weighted by Crippen LogP contribution is -2.22. The first kappa shape index (κ1) is 13.0. The van der Waals surface area contributed by atoms with Gasteiger partial charge in [-0.1, -0.05) is 6.07 Å². The van der Waals surface area contributed by atoms with Gasteiger partial charge in [-0.3, -0.25) is 4.79 Å². The van der Waals surface area contributed by atoms with E-state index in [1.165, 1.54) is 12.1 Å². The minimum absolute atomic E-state index is 0.151. The number of aromatic nitrogens is 1. The zero-order valence-electron chi connectivity index (χ0n) is 10.2. The summed E-state index contributed by atoms with van der Waals surface area (Å²) in [4.78, 5) is 15.2. The van der Waals surface area contributed by atoms with Crippen LogP contribution in [0, 0.1) is 5.95 Å². The van der Waals surface area contributed by atoms with Crippen molar-refractivity contribution in [2.24, 2.45) is 0 Å². The summed E-state index contributed by atoms with van der Waals surface area (Å²) in [7, 11) is 0. The number of halogens is 1. The lowest BCUT2D eigenvalue weighted by atomic mass is 10.0. The van der Waals surface area contributed by atoms with Crippen LogP contribution in [0.3, 0.4) is 0 Å². The summed E-state index contributed by atoms with van der Waals surface area (Å²) in [6, 6.07) is 4.33. The Hall–Kier alpha value is -1.49. The number of anilines is 1. The normalized spacial score (nSPS) is 19.5. The third-order valence-corrected chi connectivity index (χ3v) is 2.95.